The van der Waals surface area contributed by atoms with Gasteiger partial charge in [-0.2, -0.15) is 0 Å². The molecule has 0 bridgehead atoms. The van der Waals surface area contributed by atoms with Crippen LogP contribution in [-0.4, -0.2) is 34.8 Å². The summed E-state index contributed by atoms with van der Waals surface area (Å²) < 4.78 is 2.18. The molecule has 1 saturated heterocycles. The summed E-state index contributed by atoms with van der Waals surface area (Å²) in [5.74, 6) is 0. The lowest BCUT2D eigenvalue weighted by atomic mass is 10.1. The standard InChI is InChI=1S/C12H19N3O/c1-14-7-5-9(6-8-14)15-11-4-2-3-10(11)12(16)13-15/h9H,2-8H2,1H3,(H,13,16). The molecular formula is C12H19N3O. The first-order chi connectivity index (χ1) is 7.75. The van der Waals surface area contributed by atoms with Crippen LogP contribution in [0, 0.1) is 0 Å². The Morgan fingerprint density at radius 2 is 2.00 bits per heavy atom. The van der Waals surface area contributed by atoms with Gasteiger partial charge >= 0.3 is 0 Å². The van der Waals surface area contributed by atoms with E-state index in [2.05, 4.69) is 21.7 Å². The fraction of sp³-hybridized carbons (Fsp3) is 0.750. The smallest absolute Gasteiger partial charge is 0.267 e. The third-order valence-electron chi connectivity index (χ3n) is 4.03. The lowest BCUT2D eigenvalue weighted by Crippen LogP contribution is -2.32. The average molecular weight is 221 g/mol. The van der Waals surface area contributed by atoms with Gasteiger partial charge in [0.2, 0.25) is 0 Å². The number of nitrogens with zero attached hydrogens (tertiary/aromatic N) is 2. The van der Waals surface area contributed by atoms with Crippen LogP contribution in [0.1, 0.15) is 36.6 Å². The molecule has 4 heteroatoms. The zero-order valence-corrected chi connectivity index (χ0v) is 9.83. The van der Waals surface area contributed by atoms with Gasteiger partial charge in [-0.1, -0.05) is 0 Å². The van der Waals surface area contributed by atoms with Gasteiger partial charge in [0.15, 0.2) is 0 Å². The molecule has 0 saturated carbocycles. The number of likely N-dealkylation sites (tertiary alicyclic amines) is 1. The Morgan fingerprint density at radius 3 is 2.75 bits per heavy atom. The Hall–Kier alpha value is -1.03. The van der Waals surface area contributed by atoms with Crippen LogP contribution < -0.4 is 5.56 Å². The van der Waals surface area contributed by atoms with E-state index in [1.807, 2.05) is 0 Å². The summed E-state index contributed by atoms with van der Waals surface area (Å²) in [6, 6.07) is 0.519. The summed E-state index contributed by atoms with van der Waals surface area (Å²) in [5.41, 5.74) is 2.50. The van der Waals surface area contributed by atoms with Gasteiger partial charge in [-0.15, -0.1) is 0 Å². The van der Waals surface area contributed by atoms with Gasteiger partial charge in [0.05, 0.1) is 6.04 Å². The molecule has 4 nitrogen and oxygen atoms in total. The largest absolute Gasteiger partial charge is 0.306 e. The molecular weight excluding hydrogens is 202 g/mol. The van der Waals surface area contributed by atoms with Crippen molar-refractivity contribution in [2.24, 2.45) is 0 Å². The van der Waals surface area contributed by atoms with Crippen molar-refractivity contribution in [3.05, 3.63) is 21.6 Å². The van der Waals surface area contributed by atoms with Crippen LogP contribution in [0.2, 0.25) is 0 Å². The van der Waals surface area contributed by atoms with Crippen LogP contribution in [-0.2, 0) is 12.8 Å². The molecule has 1 aliphatic heterocycles. The van der Waals surface area contributed by atoms with Crippen LogP contribution in [0.5, 0.6) is 0 Å². The average Bonchev–Trinajstić information content (AvgIpc) is 2.84. The first kappa shape index (κ1) is 10.1. The Kier molecular flexibility index (Phi) is 2.39. The monoisotopic (exact) mass is 221 g/mol. The van der Waals surface area contributed by atoms with Gasteiger partial charge in [0, 0.05) is 11.3 Å². The Labute approximate surface area is 95.2 Å². The number of aromatic amines is 1. The number of nitrogens with one attached hydrogen (secondary N) is 1. The zero-order chi connectivity index (χ0) is 11.1. The van der Waals surface area contributed by atoms with E-state index < -0.39 is 0 Å². The molecule has 0 spiro atoms. The number of hydrogen-bond donors (Lipinski definition) is 1. The third-order valence-corrected chi connectivity index (χ3v) is 4.03. The van der Waals surface area contributed by atoms with Crippen molar-refractivity contribution in [3.63, 3.8) is 0 Å². The number of hydrogen-bond acceptors (Lipinski definition) is 2. The molecule has 0 unspecified atom stereocenters. The second-order valence-corrected chi connectivity index (χ2v) is 5.12. The van der Waals surface area contributed by atoms with Crippen molar-refractivity contribution in [2.45, 2.75) is 38.1 Å². The minimum absolute atomic E-state index is 0.159. The second kappa shape index (κ2) is 3.77. The molecule has 0 radical (unpaired) electrons. The molecule has 0 atom stereocenters. The number of fused-ring (bicyclic) bond motifs is 1. The van der Waals surface area contributed by atoms with Crippen LogP contribution >= 0.6 is 0 Å². The quantitative estimate of drug-likeness (QED) is 0.766. The highest BCUT2D eigenvalue weighted by Crippen LogP contribution is 2.26. The summed E-state index contributed by atoms with van der Waals surface area (Å²) >= 11 is 0. The molecule has 0 aromatic carbocycles. The van der Waals surface area contributed by atoms with Gasteiger partial charge in [-0.25, -0.2) is 0 Å². The lowest BCUT2D eigenvalue weighted by Gasteiger charge is -2.30. The maximum atomic E-state index is 11.8. The van der Waals surface area contributed by atoms with Crippen molar-refractivity contribution in [2.75, 3.05) is 20.1 Å². The molecule has 1 aliphatic carbocycles. The highest BCUT2D eigenvalue weighted by molar-refractivity contribution is 5.23. The SMILES string of the molecule is CN1CCC(n2[nH]c(=O)c3c2CCC3)CC1. The molecule has 16 heavy (non-hydrogen) atoms. The maximum absolute atomic E-state index is 11.8. The van der Waals surface area contributed by atoms with E-state index in [0.717, 1.165) is 50.8 Å². The van der Waals surface area contributed by atoms with E-state index in [0.29, 0.717) is 6.04 Å². The van der Waals surface area contributed by atoms with Crippen LogP contribution in [0.3, 0.4) is 0 Å². The maximum Gasteiger partial charge on any atom is 0.267 e. The first-order valence-electron chi connectivity index (χ1n) is 6.26. The Morgan fingerprint density at radius 1 is 1.25 bits per heavy atom. The molecule has 1 fully saturated rings. The Bertz CT molecular complexity index is 438. The van der Waals surface area contributed by atoms with E-state index in [1.54, 1.807) is 0 Å². The topological polar surface area (TPSA) is 41.0 Å². The predicted molar refractivity (Wildman–Crippen MR) is 62.8 cm³/mol. The Balaban J connectivity index is 1.90. The highest BCUT2D eigenvalue weighted by atomic mass is 16.1. The highest BCUT2D eigenvalue weighted by Gasteiger charge is 2.26. The lowest BCUT2D eigenvalue weighted by molar-refractivity contribution is 0.209. The van der Waals surface area contributed by atoms with E-state index >= 15 is 0 Å². The van der Waals surface area contributed by atoms with E-state index in [4.69, 9.17) is 0 Å². The van der Waals surface area contributed by atoms with Gasteiger partial charge in [0.1, 0.15) is 0 Å². The predicted octanol–water partition coefficient (Wildman–Crippen LogP) is 0.932. The van der Waals surface area contributed by atoms with E-state index in [9.17, 15) is 4.79 Å². The van der Waals surface area contributed by atoms with E-state index in [1.165, 1.54) is 5.69 Å². The minimum Gasteiger partial charge on any atom is -0.306 e. The van der Waals surface area contributed by atoms with Crippen LogP contribution in [0.15, 0.2) is 4.79 Å². The third kappa shape index (κ3) is 1.52. The molecule has 2 heterocycles. The van der Waals surface area contributed by atoms with Gasteiger partial charge in [0.25, 0.3) is 5.56 Å². The number of H-pyrrole nitrogens is 1. The number of aromatic nitrogens is 2. The zero-order valence-electron chi connectivity index (χ0n) is 9.83. The van der Waals surface area contributed by atoms with Gasteiger partial charge in [-0.3, -0.25) is 14.6 Å². The summed E-state index contributed by atoms with van der Waals surface area (Å²) in [4.78, 5) is 14.1. The molecule has 88 valence electrons. The first-order valence-corrected chi connectivity index (χ1v) is 6.26. The molecule has 3 rings (SSSR count). The molecule has 1 aromatic heterocycles. The van der Waals surface area contributed by atoms with Crippen molar-refractivity contribution >= 4 is 0 Å². The van der Waals surface area contributed by atoms with Gasteiger partial charge < -0.3 is 4.90 Å². The molecule has 2 aliphatic rings. The molecule has 1 aromatic rings. The molecule has 1 N–H and O–H groups in total. The number of piperidine rings is 1. The van der Waals surface area contributed by atoms with Crippen LogP contribution in [0.25, 0.3) is 0 Å². The minimum atomic E-state index is 0.159. The molecule has 0 amide bonds. The van der Waals surface area contributed by atoms with Crippen LogP contribution in [0.4, 0.5) is 0 Å². The summed E-state index contributed by atoms with van der Waals surface area (Å²) in [7, 11) is 2.17. The normalized spacial score (nSPS) is 22.6. The summed E-state index contributed by atoms with van der Waals surface area (Å²) in [5, 5.41) is 3.04. The fourth-order valence-corrected chi connectivity index (χ4v) is 3.05. The second-order valence-electron chi connectivity index (χ2n) is 5.12. The fourth-order valence-electron chi connectivity index (χ4n) is 3.05. The van der Waals surface area contributed by atoms with Crippen molar-refractivity contribution < 1.29 is 0 Å². The van der Waals surface area contributed by atoms with Crippen molar-refractivity contribution in [1.29, 1.82) is 0 Å². The summed E-state index contributed by atoms with van der Waals surface area (Å²) in [6.45, 7) is 2.28. The van der Waals surface area contributed by atoms with Gasteiger partial charge in [-0.05, 0) is 52.2 Å². The van der Waals surface area contributed by atoms with E-state index in [-0.39, 0.29) is 5.56 Å². The van der Waals surface area contributed by atoms with Crippen molar-refractivity contribution in [3.8, 4) is 0 Å². The van der Waals surface area contributed by atoms with Crippen molar-refractivity contribution in [1.82, 2.24) is 14.7 Å². The summed E-state index contributed by atoms with van der Waals surface area (Å²) in [6.07, 6.45) is 5.53. The number of rotatable bonds is 1.